The van der Waals surface area contributed by atoms with Crippen molar-refractivity contribution >= 4 is 12.2 Å². The minimum atomic E-state index is -0.966. The van der Waals surface area contributed by atoms with Gasteiger partial charge >= 0.3 is 5.69 Å². The van der Waals surface area contributed by atoms with E-state index in [0.717, 1.165) is 5.56 Å². The summed E-state index contributed by atoms with van der Waals surface area (Å²) in [4.78, 5) is 16.7. The summed E-state index contributed by atoms with van der Waals surface area (Å²) in [5, 5.41) is 9.84. The Morgan fingerprint density at radius 1 is 1.07 bits per heavy atom. The molecule has 0 saturated carbocycles. The monoisotopic (exact) mass is 406 g/mol. The van der Waals surface area contributed by atoms with Crippen LogP contribution in [0.4, 0.5) is 0 Å². The first-order valence-electron chi connectivity index (χ1n) is 9.63. The molecule has 6 nitrogen and oxygen atoms in total. The normalized spacial score (nSPS) is 11.6. The maximum atomic E-state index is 12.6. The van der Waals surface area contributed by atoms with Gasteiger partial charge in [0.25, 0.3) is 0 Å². The molecule has 0 amide bonds. The van der Waals surface area contributed by atoms with Gasteiger partial charge in [-0.05, 0) is 50.6 Å². The number of hydrogen-bond acceptors (Lipinski definition) is 5. The number of aromatic nitrogens is 2. The summed E-state index contributed by atoms with van der Waals surface area (Å²) >= 11 is 0. The Morgan fingerprint density at radius 3 is 2.43 bits per heavy atom. The Labute approximate surface area is 176 Å². The highest BCUT2D eigenvalue weighted by Gasteiger charge is 2.16. The van der Waals surface area contributed by atoms with Gasteiger partial charge in [-0.1, -0.05) is 35.9 Å². The van der Waals surface area contributed by atoms with Crippen LogP contribution in [0.25, 0.3) is 17.8 Å². The van der Waals surface area contributed by atoms with Gasteiger partial charge in [0.15, 0.2) is 11.5 Å². The number of ether oxygens (including phenoxy) is 2. The number of rotatable bonds is 7. The van der Waals surface area contributed by atoms with Gasteiger partial charge in [0.1, 0.15) is 6.61 Å². The van der Waals surface area contributed by atoms with Crippen LogP contribution < -0.4 is 15.2 Å². The summed E-state index contributed by atoms with van der Waals surface area (Å²) < 4.78 is 12.4. The van der Waals surface area contributed by atoms with Crippen molar-refractivity contribution in [1.29, 1.82) is 0 Å². The van der Waals surface area contributed by atoms with E-state index in [1.807, 2.05) is 43.3 Å². The van der Waals surface area contributed by atoms with Crippen molar-refractivity contribution < 1.29 is 14.6 Å². The Balaban J connectivity index is 1.82. The third kappa shape index (κ3) is 5.58. The van der Waals surface area contributed by atoms with Gasteiger partial charge in [0.05, 0.1) is 24.1 Å². The minimum Gasteiger partial charge on any atom is -0.493 e. The van der Waals surface area contributed by atoms with Crippen molar-refractivity contribution in [2.75, 3.05) is 13.7 Å². The largest absolute Gasteiger partial charge is 0.493 e. The summed E-state index contributed by atoms with van der Waals surface area (Å²) in [7, 11) is 1.52. The van der Waals surface area contributed by atoms with Crippen LogP contribution in [0.2, 0.25) is 0 Å². The summed E-state index contributed by atoms with van der Waals surface area (Å²) in [6, 6.07) is 15.0. The first-order valence-corrected chi connectivity index (χ1v) is 9.63. The summed E-state index contributed by atoms with van der Waals surface area (Å²) in [5.74, 6) is 0.953. The number of aliphatic hydroxyl groups is 1. The lowest BCUT2D eigenvalue weighted by Crippen LogP contribution is -2.28. The van der Waals surface area contributed by atoms with E-state index in [0.29, 0.717) is 22.9 Å². The average molecular weight is 406 g/mol. The predicted octanol–water partition coefficient (Wildman–Crippen LogP) is 3.87. The van der Waals surface area contributed by atoms with E-state index in [4.69, 9.17) is 9.47 Å². The second-order valence-corrected chi connectivity index (χ2v) is 7.69. The van der Waals surface area contributed by atoms with Crippen LogP contribution in [0.15, 0.2) is 59.5 Å². The van der Waals surface area contributed by atoms with E-state index < -0.39 is 11.3 Å². The molecule has 0 radical (unpaired) electrons. The molecule has 1 heterocycles. The molecule has 0 bridgehead atoms. The lowest BCUT2D eigenvalue weighted by Gasteiger charge is -2.19. The molecule has 0 aliphatic rings. The molecular formula is C24H26N2O4. The molecule has 0 fully saturated rings. The lowest BCUT2D eigenvalue weighted by molar-refractivity contribution is 0.0276. The zero-order valence-corrected chi connectivity index (χ0v) is 17.6. The Morgan fingerprint density at radius 2 is 1.80 bits per heavy atom. The fourth-order valence-corrected chi connectivity index (χ4v) is 2.74. The topological polar surface area (TPSA) is 73.6 Å². The van der Waals surface area contributed by atoms with Gasteiger partial charge in [-0.15, -0.1) is 0 Å². The zero-order valence-electron chi connectivity index (χ0n) is 17.6. The molecule has 30 heavy (non-hydrogen) atoms. The molecule has 0 atom stereocenters. The van der Waals surface area contributed by atoms with Crippen molar-refractivity contribution in [3.05, 3.63) is 82.0 Å². The van der Waals surface area contributed by atoms with E-state index in [-0.39, 0.29) is 6.61 Å². The fraction of sp³-hybridized carbons (Fsp3) is 0.250. The average Bonchev–Trinajstić information content (AvgIpc) is 2.71. The number of hydrogen-bond donors (Lipinski definition) is 1. The molecule has 3 aromatic rings. The molecular weight excluding hydrogens is 380 g/mol. The SMILES string of the molecule is COc1cc(-n2ccc(C=Cc3ccc(C)cc3)nc2=O)ccc1OCC(C)(C)O. The van der Waals surface area contributed by atoms with Crippen LogP contribution in [0.1, 0.15) is 30.7 Å². The molecule has 0 spiro atoms. The van der Waals surface area contributed by atoms with Gasteiger partial charge in [-0.3, -0.25) is 4.57 Å². The van der Waals surface area contributed by atoms with Crippen LogP contribution in [0, 0.1) is 6.92 Å². The molecule has 0 aliphatic heterocycles. The van der Waals surface area contributed by atoms with Crippen molar-refractivity contribution in [2.45, 2.75) is 26.4 Å². The minimum absolute atomic E-state index is 0.117. The third-order valence-corrected chi connectivity index (χ3v) is 4.36. The van der Waals surface area contributed by atoms with E-state index in [9.17, 15) is 9.90 Å². The van der Waals surface area contributed by atoms with Crippen LogP contribution in [-0.2, 0) is 0 Å². The number of benzene rings is 2. The summed E-state index contributed by atoms with van der Waals surface area (Å²) in [6.45, 7) is 5.48. The Bertz CT molecular complexity index is 1090. The quantitative estimate of drug-likeness (QED) is 0.645. The summed E-state index contributed by atoms with van der Waals surface area (Å²) in [6.07, 6.45) is 5.41. The maximum Gasteiger partial charge on any atom is 0.352 e. The lowest BCUT2D eigenvalue weighted by atomic mass is 10.1. The van der Waals surface area contributed by atoms with Gasteiger partial charge in [0.2, 0.25) is 0 Å². The van der Waals surface area contributed by atoms with Crippen LogP contribution in [0.3, 0.4) is 0 Å². The van der Waals surface area contributed by atoms with E-state index >= 15 is 0 Å². The molecule has 0 saturated heterocycles. The van der Waals surface area contributed by atoms with E-state index in [1.165, 1.54) is 17.2 Å². The first-order chi connectivity index (χ1) is 14.2. The zero-order chi connectivity index (χ0) is 21.7. The van der Waals surface area contributed by atoms with Crippen molar-refractivity contribution in [1.82, 2.24) is 9.55 Å². The predicted molar refractivity (Wildman–Crippen MR) is 118 cm³/mol. The molecule has 1 aromatic heterocycles. The smallest absolute Gasteiger partial charge is 0.352 e. The Kier molecular flexibility index (Phi) is 6.37. The van der Waals surface area contributed by atoms with E-state index in [1.54, 1.807) is 44.3 Å². The summed E-state index contributed by atoms with van der Waals surface area (Å²) in [5.41, 5.74) is 2.06. The molecule has 3 rings (SSSR count). The van der Waals surface area contributed by atoms with Gasteiger partial charge in [0, 0.05) is 12.3 Å². The number of methoxy groups -OCH3 is 1. The second kappa shape index (κ2) is 8.97. The molecule has 0 aliphatic carbocycles. The van der Waals surface area contributed by atoms with Gasteiger partial charge < -0.3 is 14.6 Å². The second-order valence-electron chi connectivity index (χ2n) is 7.69. The van der Waals surface area contributed by atoms with Crippen molar-refractivity contribution in [2.24, 2.45) is 0 Å². The molecule has 156 valence electrons. The molecule has 0 unspecified atom stereocenters. The van der Waals surface area contributed by atoms with Crippen molar-refractivity contribution in [3.8, 4) is 17.2 Å². The van der Waals surface area contributed by atoms with Crippen LogP contribution in [-0.4, -0.2) is 34.0 Å². The maximum absolute atomic E-state index is 12.6. The third-order valence-electron chi connectivity index (χ3n) is 4.36. The van der Waals surface area contributed by atoms with E-state index in [2.05, 4.69) is 4.98 Å². The van der Waals surface area contributed by atoms with Crippen LogP contribution >= 0.6 is 0 Å². The van der Waals surface area contributed by atoms with Crippen molar-refractivity contribution in [3.63, 3.8) is 0 Å². The highest BCUT2D eigenvalue weighted by Crippen LogP contribution is 2.29. The molecule has 2 aromatic carbocycles. The highest BCUT2D eigenvalue weighted by molar-refractivity contribution is 5.67. The highest BCUT2D eigenvalue weighted by atomic mass is 16.5. The number of nitrogens with zero attached hydrogens (tertiary/aromatic N) is 2. The number of aryl methyl sites for hydroxylation is 1. The van der Waals surface area contributed by atoms with Gasteiger partial charge in [-0.2, -0.15) is 4.98 Å². The van der Waals surface area contributed by atoms with Crippen LogP contribution in [0.5, 0.6) is 11.5 Å². The Hall–Kier alpha value is -3.38. The van der Waals surface area contributed by atoms with Gasteiger partial charge in [-0.25, -0.2) is 4.79 Å². The molecule has 6 heteroatoms. The fourth-order valence-electron chi connectivity index (χ4n) is 2.74. The standard InChI is InChI=1S/C24H26N2O4/c1-17-5-7-18(8-6-17)9-10-19-13-14-26(23(27)25-19)20-11-12-21(22(15-20)29-4)30-16-24(2,3)28/h5-15,28H,16H2,1-4H3. The first kappa shape index (κ1) is 21.3. The molecule has 1 N–H and O–H groups in total.